The quantitative estimate of drug-likeness (QED) is 0.392. The van der Waals surface area contributed by atoms with Crippen LogP contribution in [0.4, 0.5) is 10.5 Å². The van der Waals surface area contributed by atoms with E-state index in [4.69, 9.17) is 16.3 Å². The lowest BCUT2D eigenvalue weighted by Gasteiger charge is -2.36. The molecule has 3 amide bonds. The van der Waals surface area contributed by atoms with Crippen molar-refractivity contribution in [2.45, 2.75) is 79.5 Å². The minimum absolute atomic E-state index is 0.194. The molecule has 0 aliphatic rings. The third-order valence-corrected chi connectivity index (χ3v) is 6.60. The van der Waals surface area contributed by atoms with E-state index < -0.39 is 23.8 Å². The van der Waals surface area contributed by atoms with E-state index in [1.54, 1.807) is 26.8 Å². The van der Waals surface area contributed by atoms with Crippen LogP contribution < -0.4 is 10.6 Å². The zero-order chi connectivity index (χ0) is 27.9. The molecule has 0 aliphatic carbocycles. The molecule has 0 heterocycles. The zero-order valence-corrected chi connectivity index (χ0v) is 23.9. The number of carbonyl (C=O) groups is 3. The first kappa shape index (κ1) is 30.2. The van der Waals surface area contributed by atoms with Gasteiger partial charge in [-0.3, -0.25) is 9.59 Å². The highest BCUT2D eigenvalue weighted by Gasteiger charge is 2.38. The molecule has 37 heavy (non-hydrogen) atoms. The molecule has 0 aromatic heterocycles. The molecule has 2 aromatic rings. The Kier molecular flexibility index (Phi) is 10.6. The summed E-state index contributed by atoms with van der Waals surface area (Å²) in [6.07, 6.45) is -0.0325. The highest BCUT2D eigenvalue weighted by molar-refractivity contribution is 6.34. The van der Waals surface area contributed by atoms with Gasteiger partial charge < -0.3 is 20.3 Å². The number of ether oxygens (including phenoxy) is 1. The summed E-state index contributed by atoms with van der Waals surface area (Å²) in [5, 5.41) is 6.12. The highest BCUT2D eigenvalue weighted by atomic mass is 35.5. The Morgan fingerprint density at radius 1 is 1.00 bits per heavy atom. The van der Waals surface area contributed by atoms with Gasteiger partial charge >= 0.3 is 6.09 Å². The highest BCUT2D eigenvalue weighted by Crippen LogP contribution is 2.31. The lowest BCUT2D eigenvalue weighted by atomic mass is 9.94. The number of benzene rings is 2. The largest absolute Gasteiger partial charge is 0.444 e. The molecule has 2 N–H and O–H groups in total. The van der Waals surface area contributed by atoms with Gasteiger partial charge in [0.25, 0.3) is 5.91 Å². The molecule has 3 atom stereocenters. The fraction of sp³-hybridized carbons (Fsp3) is 0.483. The fourth-order valence-corrected chi connectivity index (χ4v) is 4.36. The van der Waals surface area contributed by atoms with Crippen LogP contribution in [0, 0.1) is 19.8 Å². The Hall–Kier alpha value is -3.06. The Bertz CT molecular complexity index is 1090. The Labute approximate surface area is 225 Å². The predicted octanol–water partition coefficient (Wildman–Crippen LogP) is 6.42. The van der Waals surface area contributed by atoms with E-state index in [1.807, 2.05) is 71.0 Å². The van der Waals surface area contributed by atoms with Crippen LogP contribution in [0.1, 0.15) is 70.7 Å². The van der Waals surface area contributed by atoms with Crippen LogP contribution in [0.25, 0.3) is 0 Å². The Morgan fingerprint density at radius 3 is 2.16 bits per heavy atom. The number of nitrogens with one attached hydrogen (secondary N) is 2. The van der Waals surface area contributed by atoms with Crippen LogP contribution in [0.3, 0.4) is 0 Å². The maximum absolute atomic E-state index is 14.0. The van der Waals surface area contributed by atoms with Crippen molar-refractivity contribution in [2.24, 2.45) is 5.92 Å². The number of rotatable bonds is 9. The first-order chi connectivity index (χ1) is 17.3. The van der Waals surface area contributed by atoms with E-state index in [9.17, 15) is 14.4 Å². The fourth-order valence-electron chi connectivity index (χ4n) is 4.09. The topological polar surface area (TPSA) is 87.7 Å². The summed E-state index contributed by atoms with van der Waals surface area (Å²) in [7, 11) is 0. The molecule has 2 aromatic carbocycles. The van der Waals surface area contributed by atoms with Crippen molar-refractivity contribution in [1.82, 2.24) is 10.2 Å². The van der Waals surface area contributed by atoms with Gasteiger partial charge in [0.1, 0.15) is 17.7 Å². The van der Waals surface area contributed by atoms with Crippen molar-refractivity contribution in [3.63, 3.8) is 0 Å². The van der Waals surface area contributed by atoms with E-state index in [-0.39, 0.29) is 24.3 Å². The van der Waals surface area contributed by atoms with Crippen LogP contribution in [-0.2, 0) is 14.3 Å². The van der Waals surface area contributed by atoms with Crippen molar-refractivity contribution in [3.8, 4) is 0 Å². The number of alkyl carbamates (subject to hydrolysis) is 1. The van der Waals surface area contributed by atoms with Gasteiger partial charge in [-0.1, -0.05) is 68.3 Å². The second-order valence-electron chi connectivity index (χ2n) is 10.3. The predicted molar refractivity (Wildman–Crippen MR) is 149 cm³/mol. The summed E-state index contributed by atoms with van der Waals surface area (Å²) >= 11 is 6.40. The van der Waals surface area contributed by atoms with Crippen molar-refractivity contribution < 1.29 is 19.1 Å². The van der Waals surface area contributed by atoms with Gasteiger partial charge in [-0.15, -0.1) is 0 Å². The number of para-hydroxylation sites is 1. The standard InChI is InChI=1S/C29H40ClN3O4/c1-9-18(3)24(32-28(36)37-29(6,7)8)27(35)33(10-2)25(21-16-12-11-14-19(21)4)26(34)31-23-20(5)15-13-17-22(23)30/h11-18,24-25H,9-10H2,1-8H3,(H,31,34)(H,32,36). The normalized spacial score (nSPS) is 13.8. The second-order valence-corrected chi connectivity index (χ2v) is 10.7. The van der Waals surface area contributed by atoms with Gasteiger partial charge in [-0.05, 0) is 70.2 Å². The van der Waals surface area contributed by atoms with E-state index >= 15 is 0 Å². The molecular formula is C29H40ClN3O4. The van der Waals surface area contributed by atoms with Gasteiger partial charge in [0.15, 0.2) is 0 Å². The van der Waals surface area contributed by atoms with Crippen LogP contribution in [0.5, 0.6) is 0 Å². The molecule has 0 bridgehead atoms. The molecule has 8 heteroatoms. The molecule has 2 rings (SSSR count). The molecule has 0 radical (unpaired) electrons. The number of halogens is 1. The second kappa shape index (κ2) is 13.0. The Morgan fingerprint density at radius 2 is 1.62 bits per heavy atom. The SMILES string of the molecule is CCC(C)C(NC(=O)OC(C)(C)C)C(=O)N(CC)C(C(=O)Nc1c(C)cccc1Cl)c1ccccc1C. The maximum atomic E-state index is 14.0. The number of amides is 3. The lowest BCUT2D eigenvalue weighted by molar-refractivity contribution is -0.141. The van der Waals surface area contributed by atoms with Crippen molar-refractivity contribution in [1.29, 1.82) is 0 Å². The number of aryl methyl sites for hydroxylation is 2. The molecule has 0 spiro atoms. The van der Waals surface area contributed by atoms with Gasteiger partial charge in [0.05, 0.1) is 10.7 Å². The first-order valence-electron chi connectivity index (χ1n) is 12.7. The van der Waals surface area contributed by atoms with E-state index in [2.05, 4.69) is 10.6 Å². The molecule has 0 aliphatic heterocycles. The van der Waals surface area contributed by atoms with Gasteiger partial charge in [0.2, 0.25) is 5.91 Å². The first-order valence-corrected chi connectivity index (χ1v) is 13.1. The van der Waals surface area contributed by atoms with E-state index in [0.29, 0.717) is 22.7 Å². The van der Waals surface area contributed by atoms with Crippen molar-refractivity contribution in [2.75, 3.05) is 11.9 Å². The third-order valence-electron chi connectivity index (χ3n) is 6.29. The molecular weight excluding hydrogens is 490 g/mol. The zero-order valence-electron chi connectivity index (χ0n) is 23.1. The van der Waals surface area contributed by atoms with Gasteiger partial charge in [-0.25, -0.2) is 4.79 Å². The Balaban J connectivity index is 2.53. The molecule has 202 valence electrons. The van der Waals surface area contributed by atoms with Crippen LogP contribution >= 0.6 is 11.6 Å². The monoisotopic (exact) mass is 529 g/mol. The van der Waals surface area contributed by atoms with Crippen LogP contribution in [-0.4, -0.2) is 41.0 Å². The molecule has 7 nitrogen and oxygen atoms in total. The van der Waals surface area contributed by atoms with Crippen LogP contribution in [0.15, 0.2) is 42.5 Å². The van der Waals surface area contributed by atoms with Crippen LogP contribution in [0.2, 0.25) is 5.02 Å². The number of anilines is 1. The number of nitrogens with zero attached hydrogens (tertiary/aromatic N) is 1. The average molecular weight is 530 g/mol. The van der Waals surface area contributed by atoms with Crippen molar-refractivity contribution >= 4 is 35.2 Å². The smallest absolute Gasteiger partial charge is 0.408 e. The number of carbonyl (C=O) groups excluding carboxylic acids is 3. The summed E-state index contributed by atoms with van der Waals surface area (Å²) < 4.78 is 5.43. The number of hydrogen-bond acceptors (Lipinski definition) is 4. The molecule has 0 saturated carbocycles. The van der Waals surface area contributed by atoms with Gasteiger partial charge in [0, 0.05) is 6.54 Å². The summed E-state index contributed by atoms with van der Waals surface area (Å²) in [6.45, 7) is 15.0. The molecule has 0 fully saturated rings. The van der Waals surface area contributed by atoms with E-state index in [0.717, 1.165) is 11.1 Å². The third kappa shape index (κ3) is 7.96. The number of likely N-dealkylation sites (N-methyl/N-ethyl adjacent to an activating group) is 1. The minimum atomic E-state index is -0.943. The van der Waals surface area contributed by atoms with Gasteiger partial charge in [-0.2, -0.15) is 0 Å². The average Bonchev–Trinajstić information content (AvgIpc) is 2.82. The summed E-state index contributed by atoms with van der Waals surface area (Å²) in [5.74, 6) is -0.941. The number of hydrogen-bond donors (Lipinski definition) is 2. The summed E-state index contributed by atoms with van der Waals surface area (Å²) in [5.41, 5.74) is 2.16. The molecule has 0 saturated heterocycles. The summed E-state index contributed by atoms with van der Waals surface area (Å²) in [6, 6.07) is 11.0. The lowest BCUT2D eigenvalue weighted by Crippen LogP contribution is -2.54. The minimum Gasteiger partial charge on any atom is -0.444 e. The van der Waals surface area contributed by atoms with Crippen molar-refractivity contribution in [3.05, 3.63) is 64.2 Å². The maximum Gasteiger partial charge on any atom is 0.408 e. The summed E-state index contributed by atoms with van der Waals surface area (Å²) in [4.78, 5) is 42.1. The molecule has 3 unspecified atom stereocenters. The van der Waals surface area contributed by atoms with E-state index in [1.165, 1.54) is 4.90 Å².